The average molecular weight is 1390 g/mol. The van der Waals surface area contributed by atoms with E-state index in [1.54, 1.807) is 32.5 Å². The number of hydrogen-bond donors (Lipinski definition) is 0. The van der Waals surface area contributed by atoms with Gasteiger partial charge in [0.1, 0.15) is 0 Å². The Morgan fingerprint density at radius 2 is 0.567 bits per heavy atom. The van der Waals surface area contributed by atoms with Crippen molar-refractivity contribution < 1.29 is 19.2 Å². The molecule has 0 fully saturated rings. The molecule has 5 aromatic carbocycles. The SMILES string of the molecule is CCCCCCCCCCCCC(CCCCCCCCCC)CN1C(=O)c2ccc3c4c(-c5ccc(Br)s5)cc5c6c(ccc(c7c(-c8ccc(Br)s8)cc(c2c37)C1=O)c64)C(=O)N(CC(CCCCCCCCCC)CCCCCCCCCCCC)C5=O. The van der Waals surface area contributed by atoms with Crippen molar-refractivity contribution >= 4 is 121 Å². The zero-order valence-corrected chi connectivity index (χ0v) is 60.5. The second-order valence-corrected chi connectivity index (χ2v) is 32.3. The van der Waals surface area contributed by atoms with Crippen LogP contribution < -0.4 is 0 Å². The van der Waals surface area contributed by atoms with Crippen molar-refractivity contribution in [3.05, 3.63) is 90.5 Å². The highest BCUT2D eigenvalue weighted by molar-refractivity contribution is 9.11. The van der Waals surface area contributed by atoms with E-state index in [1.807, 2.05) is 12.1 Å². The maximum atomic E-state index is 15.6. The van der Waals surface area contributed by atoms with Crippen molar-refractivity contribution in [2.75, 3.05) is 13.1 Å². The zero-order chi connectivity index (χ0) is 63.2. The first kappa shape index (κ1) is 70.4. The molecular formula is C80H108Br2N2O4S2. The van der Waals surface area contributed by atoms with Gasteiger partial charge in [-0.05, 0) is 150 Å². The lowest BCUT2D eigenvalue weighted by molar-refractivity contribution is 0.0563. The van der Waals surface area contributed by atoms with E-state index >= 15 is 19.2 Å². The van der Waals surface area contributed by atoms with Crippen LogP contribution in [-0.2, 0) is 0 Å². The fourth-order valence-corrected chi connectivity index (χ4v) is 18.2. The molecule has 6 nitrogen and oxygen atoms in total. The predicted molar refractivity (Wildman–Crippen MR) is 395 cm³/mol. The second-order valence-electron chi connectivity index (χ2n) is 27.4. The highest BCUT2D eigenvalue weighted by atomic mass is 79.9. The van der Waals surface area contributed by atoms with Gasteiger partial charge in [-0.15, -0.1) is 22.7 Å². The van der Waals surface area contributed by atoms with Crippen molar-refractivity contribution in [1.82, 2.24) is 9.80 Å². The predicted octanol–water partition coefficient (Wildman–Crippen LogP) is 26.8. The van der Waals surface area contributed by atoms with Crippen LogP contribution in [0.5, 0.6) is 0 Å². The van der Waals surface area contributed by atoms with Gasteiger partial charge < -0.3 is 0 Å². The third kappa shape index (κ3) is 17.9. The summed E-state index contributed by atoms with van der Waals surface area (Å²) in [5, 5.41) is 6.94. The first-order valence-corrected chi connectivity index (χ1v) is 39.8. The Morgan fingerprint density at radius 1 is 0.300 bits per heavy atom. The summed E-state index contributed by atoms with van der Waals surface area (Å²) in [7, 11) is 0. The average Bonchev–Trinajstić information content (AvgIpc) is 0.739. The number of thiophene rings is 2. The number of hydrogen-bond acceptors (Lipinski definition) is 6. The van der Waals surface area contributed by atoms with E-state index in [-0.39, 0.29) is 35.5 Å². The number of imide groups is 2. The first-order chi connectivity index (χ1) is 44.1. The van der Waals surface area contributed by atoms with Gasteiger partial charge >= 0.3 is 0 Å². The van der Waals surface area contributed by atoms with Crippen LogP contribution in [0.1, 0.15) is 326 Å². The first-order valence-electron chi connectivity index (χ1n) is 36.6. The summed E-state index contributed by atoms with van der Waals surface area (Å²) in [6.45, 7) is 9.97. The van der Waals surface area contributed by atoms with Gasteiger partial charge in [0.25, 0.3) is 23.6 Å². The third-order valence-corrected chi connectivity index (χ3v) is 23.7. The number of fused-ring (bicyclic) bond motifs is 2. The Morgan fingerprint density at radius 3 is 0.833 bits per heavy atom. The van der Waals surface area contributed by atoms with Crippen LogP contribution in [0.4, 0.5) is 0 Å². The van der Waals surface area contributed by atoms with Gasteiger partial charge in [-0.1, -0.05) is 271 Å². The van der Waals surface area contributed by atoms with E-state index < -0.39 is 0 Å². The number of rotatable bonds is 46. The van der Waals surface area contributed by atoms with Crippen molar-refractivity contribution in [3.8, 4) is 20.9 Å². The van der Waals surface area contributed by atoms with E-state index in [4.69, 9.17) is 0 Å². The topological polar surface area (TPSA) is 74.8 Å². The van der Waals surface area contributed by atoms with E-state index in [0.29, 0.717) is 46.1 Å². The molecule has 488 valence electrons. The molecule has 4 heterocycles. The monoisotopic (exact) mass is 1380 g/mol. The molecule has 0 N–H and O–H groups in total. The molecular weight excluding hydrogens is 1280 g/mol. The largest absolute Gasteiger partial charge is 0.274 e. The normalized spacial score (nSPS) is 14.2. The summed E-state index contributed by atoms with van der Waals surface area (Å²) in [5.74, 6) is -0.352. The molecule has 90 heavy (non-hydrogen) atoms. The number of benzene rings is 5. The molecule has 2 aliphatic rings. The lowest BCUT2D eigenvalue weighted by Crippen LogP contribution is -2.43. The van der Waals surface area contributed by atoms with Gasteiger partial charge in [-0.3, -0.25) is 29.0 Å². The van der Waals surface area contributed by atoms with Crippen LogP contribution in [0.3, 0.4) is 0 Å². The minimum atomic E-state index is -0.208. The van der Waals surface area contributed by atoms with Crippen LogP contribution in [0.15, 0.2) is 68.2 Å². The van der Waals surface area contributed by atoms with E-state index in [1.165, 1.54) is 205 Å². The van der Waals surface area contributed by atoms with E-state index in [0.717, 1.165) is 112 Å². The standard InChI is InChI=1S/C80H108Br2N2O4S2/c1-5-9-13-17-21-25-27-31-35-39-43-57(41-37-33-29-23-19-15-11-7-3)55-83-77(85)61-47-45-59-72-64(68-50-52-70(82)90-68)54-66-74-62(48-46-60(76(72)74)71-63(67-49-51-69(81)89-67)53-65(79(83)87)73(61)75(59)71)78(86)84(80(66)88)56-58(42-38-34-30-24-20-16-12-8-4)44-40-36-32-28-26-22-18-14-10-6-2/h45-54,57-58H,5-44,55-56H2,1-4H3. The molecule has 4 amide bonds. The third-order valence-electron chi connectivity index (χ3n) is 20.4. The number of unbranched alkanes of at least 4 members (excludes halogenated alkanes) is 32. The van der Waals surface area contributed by atoms with E-state index in [2.05, 4.69) is 108 Å². The maximum absolute atomic E-state index is 15.6. The molecule has 2 aliphatic heterocycles. The Balaban J connectivity index is 1.06. The molecule has 9 rings (SSSR count). The van der Waals surface area contributed by atoms with Crippen LogP contribution >= 0.6 is 54.5 Å². The fraction of sp³-hybridized carbons (Fsp3) is 0.600. The van der Waals surface area contributed by atoms with Gasteiger partial charge in [0, 0.05) is 67.0 Å². The molecule has 2 unspecified atom stereocenters. The summed E-state index contributed by atoms with van der Waals surface area (Å²) < 4.78 is 1.96. The Bertz CT molecular complexity index is 3210. The summed E-state index contributed by atoms with van der Waals surface area (Å²) in [6.07, 6.45) is 49.8. The van der Waals surface area contributed by atoms with Crippen LogP contribution in [0.25, 0.3) is 64.0 Å². The molecule has 0 aliphatic carbocycles. The Kier molecular flexibility index (Phi) is 28.6. The van der Waals surface area contributed by atoms with Crippen LogP contribution in [-0.4, -0.2) is 46.5 Å². The Hall–Kier alpha value is -3.96. The maximum Gasteiger partial charge on any atom is 0.261 e. The van der Waals surface area contributed by atoms with E-state index in [9.17, 15) is 0 Å². The molecule has 0 saturated carbocycles. The smallest absolute Gasteiger partial charge is 0.261 e. The molecule has 0 saturated heterocycles. The molecule has 0 spiro atoms. The molecule has 2 atom stereocenters. The summed E-state index contributed by atoms with van der Waals surface area (Å²) in [4.78, 5) is 67.4. The molecule has 0 bridgehead atoms. The lowest BCUT2D eigenvalue weighted by Gasteiger charge is -2.33. The molecule has 10 heteroatoms. The minimum Gasteiger partial charge on any atom is -0.274 e. The van der Waals surface area contributed by atoms with Gasteiger partial charge in [-0.2, -0.15) is 0 Å². The number of carbonyl (C=O) groups is 4. The summed E-state index contributed by atoms with van der Waals surface area (Å²) in [6, 6.07) is 20.8. The lowest BCUT2D eigenvalue weighted by atomic mass is 9.78. The fourth-order valence-electron chi connectivity index (χ4n) is 15.4. The second kappa shape index (κ2) is 36.6. The number of halogens is 2. The van der Waals surface area contributed by atoms with Gasteiger partial charge in [0.15, 0.2) is 0 Å². The zero-order valence-electron chi connectivity index (χ0n) is 55.7. The van der Waals surface area contributed by atoms with Gasteiger partial charge in [0.05, 0.1) is 7.57 Å². The number of carbonyl (C=O) groups excluding carboxylic acids is 4. The van der Waals surface area contributed by atoms with Gasteiger partial charge in [-0.25, -0.2) is 0 Å². The summed E-state index contributed by atoms with van der Waals surface area (Å²) >= 11 is 10.9. The Labute approximate surface area is 566 Å². The van der Waals surface area contributed by atoms with Gasteiger partial charge in [0.2, 0.25) is 0 Å². The quantitative estimate of drug-likeness (QED) is 0.0165. The highest BCUT2D eigenvalue weighted by Gasteiger charge is 2.40. The highest BCUT2D eigenvalue weighted by Crippen LogP contribution is 2.53. The van der Waals surface area contributed by atoms with Crippen molar-refractivity contribution in [3.63, 3.8) is 0 Å². The molecule has 0 radical (unpaired) electrons. The summed E-state index contributed by atoms with van der Waals surface area (Å²) in [5.41, 5.74) is 4.14. The minimum absolute atomic E-state index is 0.204. The van der Waals surface area contributed by atoms with Crippen molar-refractivity contribution in [1.29, 1.82) is 0 Å². The number of amides is 4. The van der Waals surface area contributed by atoms with Crippen LogP contribution in [0, 0.1) is 11.8 Å². The van der Waals surface area contributed by atoms with Crippen LogP contribution in [0.2, 0.25) is 0 Å². The van der Waals surface area contributed by atoms with Crippen molar-refractivity contribution in [2.24, 2.45) is 11.8 Å². The number of nitrogens with zero attached hydrogens (tertiary/aromatic N) is 2. The molecule has 7 aromatic rings. The molecule has 2 aromatic heterocycles. The van der Waals surface area contributed by atoms with Crippen molar-refractivity contribution in [2.45, 2.75) is 285 Å².